The molecule has 0 aliphatic rings. The van der Waals surface area contributed by atoms with Crippen molar-refractivity contribution in [3.63, 3.8) is 0 Å². The first-order valence-electron chi connectivity index (χ1n) is 5.56. The number of nitrogens with zero attached hydrogens (tertiary/aromatic N) is 1. The minimum Gasteiger partial charge on any atom is -0.477 e. The molecule has 2 aromatic rings. The molecule has 3 nitrogen and oxygen atoms in total. The van der Waals surface area contributed by atoms with E-state index in [1.807, 2.05) is 31.2 Å². The molecule has 2 rings (SSSR count). The van der Waals surface area contributed by atoms with Gasteiger partial charge in [-0.3, -0.25) is 0 Å². The highest BCUT2D eigenvalue weighted by Crippen LogP contribution is 2.22. The van der Waals surface area contributed by atoms with E-state index in [1.54, 1.807) is 0 Å². The molecule has 0 saturated carbocycles. The predicted octanol–water partition coefficient (Wildman–Crippen LogP) is 3.65. The standard InChI is InChI=1S/C13H12ClNO2S/c1-2-10-12(13(16)17)18-11(15-10)7-8-4-3-5-9(14)6-8/h3-6H,2,7H2,1H3,(H,16,17). The summed E-state index contributed by atoms with van der Waals surface area (Å²) in [5.41, 5.74) is 1.69. The third-order valence-electron chi connectivity index (χ3n) is 2.52. The van der Waals surface area contributed by atoms with E-state index < -0.39 is 5.97 Å². The fraction of sp³-hybridized carbons (Fsp3) is 0.231. The van der Waals surface area contributed by atoms with Crippen LogP contribution in [0, 0.1) is 0 Å². The van der Waals surface area contributed by atoms with E-state index in [1.165, 1.54) is 11.3 Å². The van der Waals surface area contributed by atoms with Crippen molar-refractivity contribution in [2.75, 3.05) is 0 Å². The van der Waals surface area contributed by atoms with Crippen LogP contribution in [0.2, 0.25) is 5.02 Å². The Bertz CT molecular complexity index is 580. The largest absolute Gasteiger partial charge is 0.477 e. The number of aryl methyl sites for hydroxylation is 1. The summed E-state index contributed by atoms with van der Waals surface area (Å²) >= 11 is 7.15. The van der Waals surface area contributed by atoms with Gasteiger partial charge < -0.3 is 5.11 Å². The molecule has 0 bridgehead atoms. The van der Waals surface area contributed by atoms with Crippen molar-refractivity contribution in [3.05, 3.63) is 50.4 Å². The van der Waals surface area contributed by atoms with Gasteiger partial charge in [-0.15, -0.1) is 11.3 Å². The summed E-state index contributed by atoms with van der Waals surface area (Å²) in [6.45, 7) is 1.91. The molecule has 0 aliphatic carbocycles. The summed E-state index contributed by atoms with van der Waals surface area (Å²) in [5.74, 6) is -0.901. The van der Waals surface area contributed by atoms with E-state index >= 15 is 0 Å². The van der Waals surface area contributed by atoms with Gasteiger partial charge >= 0.3 is 5.97 Å². The Morgan fingerprint density at radius 2 is 2.28 bits per heavy atom. The third-order valence-corrected chi connectivity index (χ3v) is 3.84. The van der Waals surface area contributed by atoms with E-state index in [-0.39, 0.29) is 0 Å². The highest BCUT2D eigenvalue weighted by molar-refractivity contribution is 7.13. The zero-order chi connectivity index (χ0) is 13.1. The number of carbonyl (C=O) groups is 1. The molecule has 0 spiro atoms. The SMILES string of the molecule is CCc1nc(Cc2cccc(Cl)c2)sc1C(=O)O. The third kappa shape index (κ3) is 2.89. The van der Waals surface area contributed by atoms with Crippen LogP contribution < -0.4 is 0 Å². The molecule has 5 heteroatoms. The number of aromatic nitrogens is 1. The molecular weight excluding hydrogens is 270 g/mol. The van der Waals surface area contributed by atoms with Crippen LogP contribution in [0.15, 0.2) is 24.3 Å². The Labute approximate surface area is 114 Å². The van der Waals surface area contributed by atoms with E-state index in [0.29, 0.717) is 28.4 Å². The van der Waals surface area contributed by atoms with Crippen molar-refractivity contribution in [2.24, 2.45) is 0 Å². The number of aromatic carboxylic acids is 1. The Hall–Kier alpha value is -1.39. The van der Waals surface area contributed by atoms with Crippen molar-refractivity contribution >= 4 is 28.9 Å². The first-order valence-corrected chi connectivity index (χ1v) is 6.76. The van der Waals surface area contributed by atoms with Gasteiger partial charge in [-0.05, 0) is 24.1 Å². The van der Waals surface area contributed by atoms with Crippen molar-refractivity contribution in [3.8, 4) is 0 Å². The first kappa shape index (κ1) is 13.1. The minimum atomic E-state index is -0.901. The maximum Gasteiger partial charge on any atom is 0.347 e. The molecule has 0 radical (unpaired) electrons. The number of carboxylic acids is 1. The molecule has 0 amide bonds. The van der Waals surface area contributed by atoms with E-state index in [4.69, 9.17) is 16.7 Å². The van der Waals surface area contributed by atoms with E-state index in [0.717, 1.165) is 10.6 Å². The fourth-order valence-electron chi connectivity index (χ4n) is 1.70. The van der Waals surface area contributed by atoms with Crippen LogP contribution in [-0.2, 0) is 12.8 Å². The van der Waals surface area contributed by atoms with Crippen LogP contribution in [0.1, 0.15) is 32.9 Å². The average Bonchev–Trinajstić information content (AvgIpc) is 2.72. The predicted molar refractivity (Wildman–Crippen MR) is 72.7 cm³/mol. The molecular formula is C13H12ClNO2S. The Morgan fingerprint density at radius 1 is 1.50 bits per heavy atom. The van der Waals surface area contributed by atoms with Gasteiger partial charge in [0.05, 0.1) is 10.7 Å². The quantitative estimate of drug-likeness (QED) is 0.931. The number of thiazole rings is 1. The number of halogens is 1. The van der Waals surface area contributed by atoms with Crippen LogP contribution in [0.4, 0.5) is 0 Å². The number of hydrogen-bond acceptors (Lipinski definition) is 3. The fourth-order valence-corrected chi connectivity index (χ4v) is 2.94. The maximum absolute atomic E-state index is 11.0. The van der Waals surface area contributed by atoms with Gasteiger partial charge in [0.1, 0.15) is 4.88 Å². The molecule has 0 unspecified atom stereocenters. The van der Waals surface area contributed by atoms with Crippen LogP contribution in [0.25, 0.3) is 0 Å². The second kappa shape index (κ2) is 5.50. The Kier molecular flexibility index (Phi) is 3.99. The molecule has 0 saturated heterocycles. The second-order valence-corrected chi connectivity index (χ2v) is 5.37. The van der Waals surface area contributed by atoms with Gasteiger partial charge in [0.2, 0.25) is 0 Å². The number of benzene rings is 1. The molecule has 1 N–H and O–H groups in total. The van der Waals surface area contributed by atoms with Crippen molar-refractivity contribution in [1.29, 1.82) is 0 Å². The number of carboxylic acid groups (broad SMARTS) is 1. The van der Waals surface area contributed by atoms with Crippen molar-refractivity contribution < 1.29 is 9.90 Å². The highest BCUT2D eigenvalue weighted by atomic mass is 35.5. The van der Waals surface area contributed by atoms with Crippen molar-refractivity contribution in [1.82, 2.24) is 4.98 Å². The summed E-state index contributed by atoms with van der Waals surface area (Å²) in [4.78, 5) is 15.8. The normalized spacial score (nSPS) is 10.6. The average molecular weight is 282 g/mol. The topological polar surface area (TPSA) is 50.2 Å². The summed E-state index contributed by atoms with van der Waals surface area (Å²) in [6.07, 6.45) is 1.25. The van der Waals surface area contributed by atoms with Gasteiger partial charge in [0.25, 0.3) is 0 Å². The number of rotatable bonds is 4. The van der Waals surface area contributed by atoms with Gasteiger partial charge in [0, 0.05) is 11.4 Å². The van der Waals surface area contributed by atoms with Crippen LogP contribution in [0.3, 0.4) is 0 Å². The Balaban J connectivity index is 2.27. The van der Waals surface area contributed by atoms with Crippen LogP contribution in [0.5, 0.6) is 0 Å². The van der Waals surface area contributed by atoms with E-state index in [9.17, 15) is 4.79 Å². The summed E-state index contributed by atoms with van der Waals surface area (Å²) < 4.78 is 0. The monoisotopic (exact) mass is 281 g/mol. The van der Waals surface area contributed by atoms with Gasteiger partial charge in [-0.1, -0.05) is 30.7 Å². The smallest absolute Gasteiger partial charge is 0.347 e. The lowest BCUT2D eigenvalue weighted by Gasteiger charge is -1.98. The molecule has 94 valence electrons. The van der Waals surface area contributed by atoms with Gasteiger partial charge in [-0.25, -0.2) is 9.78 Å². The zero-order valence-electron chi connectivity index (χ0n) is 9.81. The zero-order valence-corrected chi connectivity index (χ0v) is 11.4. The highest BCUT2D eigenvalue weighted by Gasteiger charge is 2.15. The molecule has 1 heterocycles. The second-order valence-electron chi connectivity index (χ2n) is 3.85. The molecule has 1 aromatic carbocycles. The molecule has 18 heavy (non-hydrogen) atoms. The Morgan fingerprint density at radius 3 is 2.83 bits per heavy atom. The number of hydrogen-bond donors (Lipinski definition) is 1. The molecule has 0 fully saturated rings. The van der Waals surface area contributed by atoms with E-state index in [2.05, 4.69) is 4.98 Å². The van der Waals surface area contributed by atoms with Gasteiger partial charge in [-0.2, -0.15) is 0 Å². The van der Waals surface area contributed by atoms with Gasteiger partial charge in [0.15, 0.2) is 0 Å². The van der Waals surface area contributed by atoms with Crippen LogP contribution in [-0.4, -0.2) is 16.1 Å². The molecule has 0 atom stereocenters. The maximum atomic E-state index is 11.0. The van der Waals surface area contributed by atoms with Crippen molar-refractivity contribution in [2.45, 2.75) is 19.8 Å². The summed E-state index contributed by atoms with van der Waals surface area (Å²) in [6, 6.07) is 7.52. The van der Waals surface area contributed by atoms with Crippen LogP contribution >= 0.6 is 22.9 Å². The summed E-state index contributed by atoms with van der Waals surface area (Å²) in [7, 11) is 0. The lowest BCUT2D eigenvalue weighted by atomic mass is 10.2. The lowest BCUT2D eigenvalue weighted by Crippen LogP contribution is -1.97. The molecule has 0 aliphatic heterocycles. The molecule has 1 aromatic heterocycles. The first-order chi connectivity index (χ1) is 8.60. The minimum absolute atomic E-state index is 0.342. The summed E-state index contributed by atoms with van der Waals surface area (Å²) in [5, 5.41) is 10.6. The lowest BCUT2D eigenvalue weighted by molar-refractivity contribution is 0.0701.